The molecule has 0 saturated heterocycles. The van der Waals surface area contributed by atoms with Gasteiger partial charge in [-0.05, 0) is 61.0 Å². The molecule has 0 fully saturated rings. The number of pyridine rings is 1. The summed E-state index contributed by atoms with van der Waals surface area (Å²) in [5.41, 5.74) is 4.72. The first kappa shape index (κ1) is 19.1. The van der Waals surface area contributed by atoms with Gasteiger partial charge in [0.25, 0.3) is 5.56 Å². The number of aromatic nitrogens is 1. The predicted octanol–water partition coefficient (Wildman–Crippen LogP) is 2.98. The highest BCUT2D eigenvalue weighted by atomic mass is 16.5. The molecule has 0 aliphatic heterocycles. The summed E-state index contributed by atoms with van der Waals surface area (Å²) in [6, 6.07) is 13.7. The molecule has 0 saturated carbocycles. The van der Waals surface area contributed by atoms with Crippen LogP contribution in [0.3, 0.4) is 0 Å². The number of nitrogens with one attached hydrogen (secondary N) is 2. The quantitative estimate of drug-likeness (QED) is 0.601. The van der Waals surface area contributed by atoms with Crippen molar-refractivity contribution in [2.75, 3.05) is 13.2 Å². The number of hydrogen-bond donors (Lipinski definition) is 3. The van der Waals surface area contributed by atoms with Crippen LogP contribution in [0.4, 0.5) is 0 Å². The third-order valence-corrected chi connectivity index (χ3v) is 4.76. The summed E-state index contributed by atoms with van der Waals surface area (Å²) < 4.78 is 5.72. The lowest BCUT2D eigenvalue weighted by Crippen LogP contribution is -2.32. The molecule has 0 amide bonds. The lowest BCUT2D eigenvalue weighted by molar-refractivity contribution is 0.106. The van der Waals surface area contributed by atoms with Crippen molar-refractivity contribution in [1.29, 1.82) is 0 Å². The normalized spacial score (nSPS) is 12.3. The molecule has 0 aliphatic carbocycles. The molecule has 27 heavy (non-hydrogen) atoms. The lowest BCUT2D eigenvalue weighted by Gasteiger charge is -2.15. The number of ether oxygens (including phenoxy) is 1. The second-order valence-electron chi connectivity index (χ2n) is 7.01. The first-order chi connectivity index (χ1) is 12.9. The van der Waals surface area contributed by atoms with Crippen LogP contribution in [0.1, 0.15) is 22.3 Å². The second-order valence-corrected chi connectivity index (χ2v) is 7.01. The van der Waals surface area contributed by atoms with Gasteiger partial charge in [-0.1, -0.05) is 24.3 Å². The van der Waals surface area contributed by atoms with Gasteiger partial charge < -0.3 is 20.1 Å². The predicted molar refractivity (Wildman–Crippen MR) is 108 cm³/mol. The van der Waals surface area contributed by atoms with Crippen molar-refractivity contribution in [2.45, 2.75) is 33.4 Å². The number of hydrogen-bond acceptors (Lipinski definition) is 4. The molecule has 0 radical (unpaired) electrons. The number of benzene rings is 2. The Morgan fingerprint density at radius 3 is 2.78 bits per heavy atom. The molecule has 142 valence electrons. The summed E-state index contributed by atoms with van der Waals surface area (Å²) in [4.78, 5) is 15.1. The van der Waals surface area contributed by atoms with E-state index < -0.39 is 6.10 Å². The Morgan fingerprint density at radius 2 is 1.96 bits per heavy atom. The summed E-state index contributed by atoms with van der Waals surface area (Å²) in [6.45, 7) is 6.96. The van der Waals surface area contributed by atoms with Crippen molar-refractivity contribution < 1.29 is 9.84 Å². The first-order valence-corrected chi connectivity index (χ1v) is 9.14. The molecular formula is C22H26N2O3. The molecule has 1 heterocycles. The Hall–Kier alpha value is -2.63. The maximum absolute atomic E-state index is 12.2. The van der Waals surface area contributed by atoms with Gasteiger partial charge in [0.05, 0.1) is 0 Å². The fourth-order valence-electron chi connectivity index (χ4n) is 2.99. The van der Waals surface area contributed by atoms with Gasteiger partial charge in [-0.3, -0.25) is 4.79 Å². The van der Waals surface area contributed by atoms with E-state index in [1.54, 1.807) is 0 Å². The zero-order valence-corrected chi connectivity index (χ0v) is 16.0. The molecule has 0 spiro atoms. The van der Waals surface area contributed by atoms with Gasteiger partial charge >= 0.3 is 0 Å². The number of rotatable bonds is 7. The molecule has 3 aromatic rings. The topological polar surface area (TPSA) is 74.3 Å². The van der Waals surface area contributed by atoms with Crippen LogP contribution in [-0.4, -0.2) is 29.3 Å². The Kier molecular flexibility index (Phi) is 5.94. The Balaban J connectivity index is 1.54. The molecule has 5 nitrogen and oxygen atoms in total. The zero-order chi connectivity index (χ0) is 19.4. The molecule has 5 heteroatoms. The van der Waals surface area contributed by atoms with Gasteiger partial charge in [0.15, 0.2) is 0 Å². The number of aryl methyl sites for hydroxylation is 2. The second kappa shape index (κ2) is 8.37. The van der Waals surface area contributed by atoms with Crippen LogP contribution in [0, 0.1) is 20.8 Å². The molecule has 0 aliphatic rings. The van der Waals surface area contributed by atoms with E-state index in [0.29, 0.717) is 18.7 Å². The summed E-state index contributed by atoms with van der Waals surface area (Å²) >= 11 is 0. The highest BCUT2D eigenvalue weighted by molar-refractivity contribution is 5.79. The van der Waals surface area contributed by atoms with Crippen LogP contribution in [0.2, 0.25) is 0 Å². The largest absolute Gasteiger partial charge is 0.491 e. The van der Waals surface area contributed by atoms with E-state index in [-0.39, 0.29) is 12.2 Å². The van der Waals surface area contributed by atoms with E-state index in [4.69, 9.17) is 4.74 Å². The van der Waals surface area contributed by atoms with Crippen LogP contribution in [-0.2, 0) is 6.54 Å². The fraction of sp³-hybridized carbons (Fsp3) is 0.318. The van der Waals surface area contributed by atoms with Gasteiger partial charge in [0, 0.05) is 24.2 Å². The van der Waals surface area contributed by atoms with Crippen LogP contribution < -0.4 is 15.6 Å². The standard InChI is InChI=1S/C22H26N2O3/c1-14-7-8-17-10-18(22(26)24-20(17)9-14)11-23-12-19(25)13-27-21-6-4-5-15(2)16(21)3/h4-10,19,23,25H,11-13H2,1-3H3,(H,24,26)/t19-/m1/s1. The Bertz CT molecular complexity index is 995. The average Bonchev–Trinajstić information content (AvgIpc) is 2.63. The van der Waals surface area contributed by atoms with Gasteiger partial charge in [-0.25, -0.2) is 0 Å². The highest BCUT2D eigenvalue weighted by Crippen LogP contribution is 2.20. The monoisotopic (exact) mass is 366 g/mol. The minimum Gasteiger partial charge on any atom is -0.491 e. The number of fused-ring (bicyclic) bond motifs is 1. The highest BCUT2D eigenvalue weighted by Gasteiger charge is 2.09. The van der Waals surface area contributed by atoms with E-state index in [1.165, 1.54) is 0 Å². The molecule has 0 bridgehead atoms. The third-order valence-electron chi connectivity index (χ3n) is 4.76. The number of aromatic amines is 1. The first-order valence-electron chi connectivity index (χ1n) is 9.14. The van der Waals surface area contributed by atoms with Gasteiger partial charge in [0.1, 0.15) is 18.5 Å². The number of aliphatic hydroxyl groups excluding tert-OH is 1. The van der Waals surface area contributed by atoms with E-state index in [9.17, 15) is 9.90 Å². The van der Waals surface area contributed by atoms with Crippen molar-refractivity contribution >= 4 is 10.9 Å². The van der Waals surface area contributed by atoms with E-state index in [1.807, 2.05) is 63.2 Å². The van der Waals surface area contributed by atoms with Gasteiger partial charge in [-0.2, -0.15) is 0 Å². The van der Waals surface area contributed by atoms with Crippen LogP contribution >= 0.6 is 0 Å². The molecule has 2 aromatic carbocycles. The van der Waals surface area contributed by atoms with Gasteiger partial charge in [-0.15, -0.1) is 0 Å². The summed E-state index contributed by atoms with van der Waals surface area (Å²) in [5.74, 6) is 0.787. The number of H-pyrrole nitrogens is 1. The van der Waals surface area contributed by atoms with E-state index in [0.717, 1.165) is 33.3 Å². The minimum absolute atomic E-state index is 0.110. The molecule has 3 rings (SSSR count). The SMILES string of the molecule is Cc1ccc2cc(CNC[C@@H](O)COc3cccc(C)c3C)c(=O)[nH]c2c1. The zero-order valence-electron chi connectivity index (χ0n) is 16.0. The smallest absolute Gasteiger partial charge is 0.252 e. The maximum Gasteiger partial charge on any atom is 0.252 e. The summed E-state index contributed by atoms with van der Waals surface area (Å²) in [7, 11) is 0. The molecular weight excluding hydrogens is 340 g/mol. The third kappa shape index (κ3) is 4.76. The molecule has 1 aromatic heterocycles. The fourth-order valence-corrected chi connectivity index (χ4v) is 2.99. The average molecular weight is 366 g/mol. The minimum atomic E-state index is -0.660. The van der Waals surface area contributed by atoms with Gasteiger partial charge in [0.2, 0.25) is 0 Å². The summed E-state index contributed by atoms with van der Waals surface area (Å²) in [5, 5.41) is 14.3. The summed E-state index contributed by atoms with van der Waals surface area (Å²) in [6.07, 6.45) is -0.660. The van der Waals surface area contributed by atoms with Crippen molar-refractivity contribution in [3.63, 3.8) is 0 Å². The van der Waals surface area contributed by atoms with Crippen molar-refractivity contribution in [3.8, 4) is 5.75 Å². The van der Waals surface area contributed by atoms with E-state index >= 15 is 0 Å². The van der Waals surface area contributed by atoms with Crippen LogP contribution in [0.5, 0.6) is 5.75 Å². The van der Waals surface area contributed by atoms with Crippen LogP contribution in [0.15, 0.2) is 47.3 Å². The molecule has 0 unspecified atom stereocenters. The molecule has 3 N–H and O–H groups in total. The lowest BCUT2D eigenvalue weighted by atomic mass is 10.1. The maximum atomic E-state index is 12.2. The van der Waals surface area contributed by atoms with E-state index in [2.05, 4.69) is 10.3 Å². The Labute approximate surface area is 159 Å². The Morgan fingerprint density at radius 1 is 1.15 bits per heavy atom. The van der Waals surface area contributed by atoms with Crippen molar-refractivity contribution in [3.05, 3.63) is 75.1 Å². The number of aliphatic hydroxyl groups is 1. The van der Waals surface area contributed by atoms with Crippen molar-refractivity contribution in [2.24, 2.45) is 0 Å². The molecule has 1 atom stereocenters. The van der Waals surface area contributed by atoms with Crippen molar-refractivity contribution in [1.82, 2.24) is 10.3 Å². The van der Waals surface area contributed by atoms with Crippen LogP contribution in [0.25, 0.3) is 10.9 Å².